The van der Waals surface area contributed by atoms with E-state index in [1.54, 1.807) is 41.3 Å². The van der Waals surface area contributed by atoms with Gasteiger partial charge in [-0.25, -0.2) is 9.59 Å². The Kier molecular flexibility index (Phi) is 11.0. The highest BCUT2D eigenvalue weighted by Gasteiger charge is 2.21. The van der Waals surface area contributed by atoms with Crippen LogP contribution < -0.4 is 15.5 Å². The Morgan fingerprint density at radius 3 is 2.21 bits per heavy atom. The average molecular weight is 592 g/mol. The number of aliphatic hydroxyl groups excluding tert-OH is 1. The number of aliphatic hydroxyl groups is 1. The van der Waals surface area contributed by atoms with Crippen molar-refractivity contribution in [3.63, 3.8) is 0 Å². The van der Waals surface area contributed by atoms with Crippen molar-refractivity contribution in [2.75, 3.05) is 18.6 Å². The molecule has 3 aromatic rings. The lowest BCUT2D eigenvalue weighted by atomic mass is 9.84. The highest BCUT2D eigenvalue weighted by Crippen LogP contribution is 2.33. The minimum absolute atomic E-state index is 0.245. The van der Waals surface area contributed by atoms with Gasteiger partial charge in [-0.05, 0) is 78.8 Å². The number of nitrogens with zero attached hydrogens (tertiary/aromatic N) is 1. The van der Waals surface area contributed by atoms with Crippen LogP contribution in [0, 0.1) is 0 Å². The van der Waals surface area contributed by atoms with Gasteiger partial charge >= 0.3 is 12.0 Å². The summed E-state index contributed by atoms with van der Waals surface area (Å²) >= 11 is 6.04. The van der Waals surface area contributed by atoms with Gasteiger partial charge in [-0.2, -0.15) is 0 Å². The van der Waals surface area contributed by atoms with Crippen LogP contribution in [0.4, 0.5) is 10.5 Å². The molecule has 2 atom stereocenters. The first-order chi connectivity index (χ1) is 20.2. The number of ether oxygens (including phenoxy) is 1. The number of hydrogen-bond donors (Lipinski definition) is 3. The number of esters is 1. The molecule has 0 spiro atoms. The zero-order chi connectivity index (χ0) is 30.1. The fourth-order valence-corrected chi connectivity index (χ4v) is 5.32. The molecule has 2 unspecified atom stereocenters. The molecule has 222 valence electrons. The third-order valence-corrected chi connectivity index (χ3v) is 7.97. The van der Waals surface area contributed by atoms with E-state index in [0.29, 0.717) is 16.5 Å². The van der Waals surface area contributed by atoms with Gasteiger partial charge in [-0.1, -0.05) is 67.3 Å². The highest BCUT2D eigenvalue weighted by atomic mass is 35.5. The van der Waals surface area contributed by atoms with Crippen LogP contribution in [0.5, 0.6) is 0 Å². The van der Waals surface area contributed by atoms with Gasteiger partial charge in [0.1, 0.15) is 0 Å². The SMILES string of the molecule is COC(=O)C(O)CNC(=O)c1ccc(CN(C(=O)NC(C)c2ccc(Cl)cc2)c2ccc(C3CCCCC3)cc2)cc1. The molecule has 0 aliphatic heterocycles. The van der Waals surface area contributed by atoms with Crippen molar-refractivity contribution in [3.05, 3.63) is 100 Å². The van der Waals surface area contributed by atoms with Crippen molar-refractivity contribution in [3.8, 4) is 0 Å². The van der Waals surface area contributed by atoms with Crippen molar-refractivity contribution in [1.82, 2.24) is 10.6 Å². The number of carbonyl (C=O) groups excluding carboxylic acids is 3. The number of nitrogens with one attached hydrogen (secondary N) is 2. The summed E-state index contributed by atoms with van der Waals surface area (Å²) in [4.78, 5) is 39.2. The largest absolute Gasteiger partial charge is 0.467 e. The fourth-order valence-electron chi connectivity index (χ4n) is 5.20. The second-order valence-electron chi connectivity index (χ2n) is 10.7. The predicted molar refractivity (Wildman–Crippen MR) is 164 cm³/mol. The maximum Gasteiger partial charge on any atom is 0.336 e. The molecule has 3 aromatic carbocycles. The Hall–Kier alpha value is -3.88. The Balaban J connectivity index is 1.49. The topological polar surface area (TPSA) is 108 Å². The minimum atomic E-state index is -1.44. The molecule has 1 aliphatic rings. The van der Waals surface area contributed by atoms with Crippen LogP contribution >= 0.6 is 11.6 Å². The Bertz CT molecular complexity index is 1340. The summed E-state index contributed by atoms with van der Waals surface area (Å²) in [5.74, 6) is -0.692. The zero-order valence-corrected chi connectivity index (χ0v) is 24.8. The molecule has 9 heteroatoms. The highest BCUT2D eigenvalue weighted by molar-refractivity contribution is 6.30. The van der Waals surface area contributed by atoms with Crippen LogP contribution in [-0.4, -0.2) is 42.8 Å². The summed E-state index contributed by atoms with van der Waals surface area (Å²) < 4.78 is 4.47. The molecule has 42 heavy (non-hydrogen) atoms. The molecule has 0 aromatic heterocycles. The zero-order valence-electron chi connectivity index (χ0n) is 24.0. The van der Waals surface area contributed by atoms with Crippen molar-refractivity contribution >= 4 is 35.2 Å². The molecule has 3 amide bonds. The number of carbonyl (C=O) groups is 3. The molecule has 1 aliphatic carbocycles. The third-order valence-electron chi connectivity index (χ3n) is 7.72. The lowest BCUT2D eigenvalue weighted by Gasteiger charge is -2.27. The second kappa shape index (κ2) is 14.8. The summed E-state index contributed by atoms with van der Waals surface area (Å²) in [5.41, 5.74) is 4.20. The van der Waals surface area contributed by atoms with Gasteiger partial charge in [0.2, 0.25) is 0 Å². The van der Waals surface area contributed by atoms with E-state index in [1.807, 2.05) is 31.2 Å². The first kappa shape index (κ1) is 31.1. The molecular formula is C33H38ClN3O5. The first-order valence-corrected chi connectivity index (χ1v) is 14.7. The maximum absolute atomic E-state index is 13.7. The number of amides is 3. The number of hydrogen-bond acceptors (Lipinski definition) is 5. The normalized spacial score (nSPS) is 14.9. The smallest absolute Gasteiger partial charge is 0.336 e. The van der Waals surface area contributed by atoms with E-state index in [2.05, 4.69) is 27.5 Å². The van der Waals surface area contributed by atoms with Gasteiger partial charge in [0.25, 0.3) is 5.91 Å². The van der Waals surface area contributed by atoms with Gasteiger partial charge < -0.3 is 20.5 Å². The number of rotatable bonds is 10. The molecule has 0 radical (unpaired) electrons. The van der Waals surface area contributed by atoms with Gasteiger partial charge in [0.15, 0.2) is 6.10 Å². The summed E-state index contributed by atoms with van der Waals surface area (Å²) in [6.45, 7) is 1.95. The first-order valence-electron chi connectivity index (χ1n) is 14.3. The van der Waals surface area contributed by atoms with Crippen molar-refractivity contribution in [2.24, 2.45) is 0 Å². The number of halogens is 1. The maximum atomic E-state index is 13.7. The van der Waals surface area contributed by atoms with E-state index in [9.17, 15) is 19.5 Å². The van der Waals surface area contributed by atoms with Crippen molar-refractivity contribution in [2.45, 2.75) is 63.6 Å². The lowest BCUT2D eigenvalue weighted by molar-refractivity contribution is -0.149. The summed E-state index contributed by atoms with van der Waals surface area (Å²) in [6, 6.07) is 22.0. The van der Waals surface area contributed by atoms with Gasteiger partial charge in [0.05, 0.1) is 26.2 Å². The molecule has 3 N–H and O–H groups in total. The van der Waals surface area contributed by atoms with E-state index < -0.39 is 18.0 Å². The lowest BCUT2D eigenvalue weighted by Crippen LogP contribution is -2.40. The van der Waals surface area contributed by atoms with Crippen molar-refractivity contribution in [1.29, 1.82) is 0 Å². The molecule has 1 fully saturated rings. The van der Waals surface area contributed by atoms with Gasteiger partial charge in [-0.15, -0.1) is 0 Å². The van der Waals surface area contributed by atoms with E-state index >= 15 is 0 Å². The summed E-state index contributed by atoms with van der Waals surface area (Å²) in [5, 5.41) is 16.0. The Morgan fingerprint density at radius 1 is 0.952 bits per heavy atom. The van der Waals surface area contributed by atoms with Crippen LogP contribution in [-0.2, 0) is 16.1 Å². The van der Waals surface area contributed by atoms with E-state index in [-0.39, 0.29) is 25.2 Å². The molecule has 4 rings (SSSR count). The van der Waals surface area contributed by atoms with Crippen LogP contribution in [0.25, 0.3) is 0 Å². The van der Waals surface area contributed by atoms with E-state index in [1.165, 1.54) is 44.8 Å². The Morgan fingerprint density at radius 2 is 1.60 bits per heavy atom. The number of anilines is 1. The van der Waals surface area contributed by atoms with Crippen LogP contribution in [0.15, 0.2) is 72.8 Å². The molecular weight excluding hydrogens is 554 g/mol. The quantitative estimate of drug-likeness (QED) is 0.246. The summed E-state index contributed by atoms with van der Waals surface area (Å²) in [6.07, 6.45) is 4.76. The molecule has 8 nitrogen and oxygen atoms in total. The number of urea groups is 1. The monoisotopic (exact) mass is 591 g/mol. The summed E-state index contributed by atoms with van der Waals surface area (Å²) in [7, 11) is 1.17. The minimum Gasteiger partial charge on any atom is -0.467 e. The van der Waals surface area contributed by atoms with E-state index in [4.69, 9.17) is 11.6 Å². The number of benzene rings is 3. The molecule has 0 saturated heterocycles. The standard InChI is InChI=1S/C33H38ClN3O5/c1-22(24-12-16-28(34)17-13-24)36-33(41)37(29-18-14-26(15-19-29)25-6-4-3-5-7-25)21-23-8-10-27(11-9-23)31(39)35-20-30(38)32(40)42-2/h8-19,22,25,30,38H,3-7,20-21H2,1-2H3,(H,35,39)(H,36,41). The predicted octanol–water partition coefficient (Wildman–Crippen LogP) is 6.13. The van der Waals surface area contributed by atoms with Crippen LogP contribution in [0.3, 0.4) is 0 Å². The van der Waals surface area contributed by atoms with E-state index in [0.717, 1.165) is 16.8 Å². The van der Waals surface area contributed by atoms with Crippen molar-refractivity contribution < 1.29 is 24.2 Å². The van der Waals surface area contributed by atoms with Gasteiger partial charge in [-0.3, -0.25) is 9.69 Å². The molecule has 0 heterocycles. The fraction of sp³-hybridized carbons (Fsp3) is 0.364. The van der Waals surface area contributed by atoms with Crippen LogP contribution in [0.2, 0.25) is 5.02 Å². The average Bonchev–Trinajstić information content (AvgIpc) is 3.03. The second-order valence-corrected chi connectivity index (χ2v) is 11.1. The number of methoxy groups -OCH3 is 1. The Labute approximate surface area is 252 Å². The third kappa shape index (κ3) is 8.33. The molecule has 1 saturated carbocycles. The van der Waals surface area contributed by atoms with Crippen LogP contribution in [0.1, 0.15) is 78.0 Å². The molecule has 0 bridgehead atoms. The van der Waals surface area contributed by atoms with Gasteiger partial charge in [0, 0.05) is 16.3 Å².